The van der Waals surface area contributed by atoms with E-state index in [-0.39, 0.29) is 35.7 Å². The van der Waals surface area contributed by atoms with Crippen LogP contribution in [0.1, 0.15) is 86.5 Å². The van der Waals surface area contributed by atoms with Gasteiger partial charge in [-0.1, -0.05) is 47.1 Å². The molecule has 0 aromatic heterocycles. The van der Waals surface area contributed by atoms with Crippen LogP contribution < -0.4 is 0 Å². The maximum Gasteiger partial charge on any atom is 0.308 e. The third-order valence-corrected chi connectivity index (χ3v) is 8.06. The molecule has 1 aliphatic heterocycles. The number of carbonyl (C=O) groups is 2. The Bertz CT molecular complexity index is 708. The van der Waals surface area contributed by atoms with Gasteiger partial charge in [0.15, 0.2) is 0 Å². The van der Waals surface area contributed by atoms with Gasteiger partial charge in [-0.25, -0.2) is 0 Å². The van der Waals surface area contributed by atoms with Crippen LogP contribution in [-0.4, -0.2) is 34.9 Å². The number of carboxylic acids is 1. The average molecular weight is 407 g/mol. The summed E-state index contributed by atoms with van der Waals surface area (Å²) < 4.78 is 12.5. The Labute approximate surface area is 175 Å². The lowest BCUT2D eigenvalue weighted by molar-refractivity contribution is -0.196. The molecule has 2 fully saturated rings. The number of hydrogen-bond acceptors (Lipinski definition) is 4. The van der Waals surface area contributed by atoms with E-state index in [0.29, 0.717) is 12.3 Å². The molecule has 1 spiro atoms. The SMILES string of the molecule is CC(C)C(=O)OCC1=CC[C@H]2C(C)(C)CCC[C@]2(C)[C@@]12CC[C@@](C)(CC(=O)O)O2. The molecule has 2 aliphatic carbocycles. The first kappa shape index (κ1) is 22.3. The van der Waals surface area contributed by atoms with Gasteiger partial charge in [-0.3, -0.25) is 9.59 Å². The molecule has 0 aromatic carbocycles. The Hall–Kier alpha value is -1.36. The van der Waals surface area contributed by atoms with Crippen molar-refractivity contribution in [2.75, 3.05) is 6.61 Å². The van der Waals surface area contributed by atoms with Gasteiger partial charge in [-0.05, 0) is 55.9 Å². The molecule has 1 N–H and O–H groups in total. The second kappa shape index (κ2) is 7.40. The van der Waals surface area contributed by atoms with E-state index < -0.39 is 17.2 Å². The van der Waals surface area contributed by atoms with E-state index in [2.05, 4.69) is 26.8 Å². The highest BCUT2D eigenvalue weighted by molar-refractivity contribution is 5.71. The van der Waals surface area contributed by atoms with Crippen molar-refractivity contribution < 1.29 is 24.2 Å². The summed E-state index contributed by atoms with van der Waals surface area (Å²) in [5, 5.41) is 9.44. The molecule has 1 heterocycles. The van der Waals surface area contributed by atoms with E-state index >= 15 is 0 Å². The van der Waals surface area contributed by atoms with Gasteiger partial charge in [-0.2, -0.15) is 0 Å². The van der Waals surface area contributed by atoms with E-state index in [1.807, 2.05) is 20.8 Å². The van der Waals surface area contributed by atoms with Gasteiger partial charge in [0.25, 0.3) is 0 Å². The molecule has 164 valence electrons. The lowest BCUT2D eigenvalue weighted by Gasteiger charge is -2.61. The maximum absolute atomic E-state index is 12.2. The van der Waals surface area contributed by atoms with E-state index in [0.717, 1.165) is 31.3 Å². The van der Waals surface area contributed by atoms with Gasteiger partial charge in [0, 0.05) is 5.41 Å². The van der Waals surface area contributed by atoms with Crippen molar-refractivity contribution in [3.63, 3.8) is 0 Å². The number of allylic oxidation sites excluding steroid dienone is 1. The summed E-state index contributed by atoms with van der Waals surface area (Å²) in [7, 11) is 0. The molecule has 0 bridgehead atoms. The zero-order valence-corrected chi connectivity index (χ0v) is 19.0. The highest BCUT2D eigenvalue weighted by Crippen LogP contribution is 2.66. The minimum Gasteiger partial charge on any atom is -0.481 e. The molecule has 3 rings (SSSR count). The Kier molecular flexibility index (Phi) is 5.70. The molecule has 0 radical (unpaired) electrons. The van der Waals surface area contributed by atoms with Crippen molar-refractivity contribution in [3.8, 4) is 0 Å². The molecule has 29 heavy (non-hydrogen) atoms. The van der Waals surface area contributed by atoms with Crippen molar-refractivity contribution in [3.05, 3.63) is 11.6 Å². The number of hydrogen-bond donors (Lipinski definition) is 1. The molecule has 0 aromatic rings. The van der Waals surface area contributed by atoms with Crippen molar-refractivity contribution in [2.24, 2.45) is 22.7 Å². The first-order valence-corrected chi connectivity index (χ1v) is 11.1. The van der Waals surface area contributed by atoms with Crippen LogP contribution in [-0.2, 0) is 19.1 Å². The van der Waals surface area contributed by atoms with Crippen LogP contribution in [0.2, 0.25) is 0 Å². The first-order valence-electron chi connectivity index (χ1n) is 11.1. The van der Waals surface area contributed by atoms with Crippen LogP contribution in [0.3, 0.4) is 0 Å². The summed E-state index contributed by atoms with van der Waals surface area (Å²) in [4.78, 5) is 23.7. The summed E-state index contributed by atoms with van der Waals surface area (Å²) in [6.07, 6.45) is 8.07. The van der Waals surface area contributed by atoms with E-state index in [9.17, 15) is 14.7 Å². The van der Waals surface area contributed by atoms with Gasteiger partial charge in [0.1, 0.15) is 6.61 Å². The number of esters is 1. The highest BCUT2D eigenvalue weighted by Gasteiger charge is 2.65. The average Bonchev–Trinajstić information content (AvgIpc) is 2.93. The highest BCUT2D eigenvalue weighted by atomic mass is 16.5. The molecule has 5 nitrogen and oxygen atoms in total. The maximum atomic E-state index is 12.2. The predicted molar refractivity (Wildman–Crippen MR) is 111 cm³/mol. The molecule has 5 heteroatoms. The second-order valence-electron chi connectivity index (χ2n) is 11.0. The number of carbonyl (C=O) groups excluding carboxylic acids is 1. The lowest BCUT2D eigenvalue weighted by Crippen LogP contribution is -2.60. The van der Waals surface area contributed by atoms with Crippen molar-refractivity contribution in [1.82, 2.24) is 0 Å². The topological polar surface area (TPSA) is 72.8 Å². The normalized spacial score (nSPS) is 38.6. The summed E-state index contributed by atoms with van der Waals surface area (Å²) in [6, 6.07) is 0. The summed E-state index contributed by atoms with van der Waals surface area (Å²) >= 11 is 0. The molecule has 3 aliphatic rings. The van der Waals surface area contributed by atoms with Crippen LogP contribution in [0.4, 0.5) is 0 Å². The number of ether oxygens (including phenoxy) is 2. The quantitative estimate of drug-likeness (QED) is 0.506. The third kappa shape index (κ3) is 3.75. The molecule has 1 saturated carbocycles. The standard InChI is InChI=1S/C24H38O5/c1-16(2)20(27)28-15-17-8-9-18-21(3,4)10-7-11-23(18,6)24(17)13-12-22(5,29-24)14-19(25)26/h8,16,18H,7,9-15H2,1-6H3,(H,25,26)/t18-,22-,23-,24+/m0/s1. The molecule has 0 unspecified atom stereocenters. The largest absolute Gasteiger partial charge is 0.481 e. The Morgan fingerprint density at radius 1 is 1.17 bits per heavy atom. The summed E-state index contributed by atoms with van der Waals surface area (Å²) in [6.45, 7) is 12.9. The fraction of sp³-hybridized carbons (Fsp3) is 0.833. The zero-order chi connectivity index (χ0) is 21.7. The lowest BCUT2D eigenvalue weighted by atomic mass is 9.46. The van der Waals surface area contributed by atoms with Crippen LogP contribution in [0.15, 0.2) is 11.6 Å². The fourth-order valence-electron chi connectivity index (χ4n) is 6.50. The zero-order valence-electron chi connectivity index (χ0n) is 19.0. The van der Waals surface area contributed by atoms with E-state index in [1.165, 1.54) is 6.42 Å². The second-order valence-corrected chi connectivity index (χ2v) is 11.0. The Morgan fingerprint density at radius 2 is 1.86 bits per heavy atom. The van der Waals surface area contributed by atoms with Crippen LogP contribution in [0.5, 0.6) is 0 Å². The van der Waals surface area contributed by atoms with Gasteiger partial charge in [0.05, 0.1) is 23.5 Å². The van der Waals surface area contributed by atoms with Crippen LogP contribution in [0, 0.1) is 22.7 Å². The van der Waals surface area contributed by atoms with E-state index in [4.69, 9.17) is 9.47 Å². The molecular formula is C24H38O5. The Balaban J connectivity index is 2.00. The first-order chi connectivity index (χ1) is 13.4. The van der Waals surface area contributed by atoms with Crippen LogP contribution in [0.25, 0.3) is 0 Å². The van der Waals surface area contributed by atoms with Crippen molar-refractivity contribution in [2.45, 2.75) is 97.7 Å². The minimum absolute atomic E-state index is 0.00203. The summed E-state index contributed by atoms with van der Waals surface area (Å²) in [5.74, 6) is -0.749. The molecular weight excluding hydrogens is 368 g/mol. The van der Waals surface area contributed by atoms with Gasteiger partial charge in [0.2, 0.25) is 0 Å². The molecule has 4 atom stereocenters. The van der Waals surface area contributed by atoms with Gasteiger partial charge in [-0.15, -0.1) is 0 Å². The van der Waals surface area contributed by atoms with Crippen LogP contribution >= 0.6 is 0 Å². The van der Waals surface area contributed by atoms with E-state index in [1.54, 1.807) is 0 Å². The smallest absolute Gasteiger partial charge is 0.308 e. The Morgan fingerprint density at radius 3 is 2.48 bits per heavy atom. The van der Waals surface area contributed by atoms with Crippen molar-refractivity contribution >= 4 is 11.9 Å². The molecule has 1 saturated heterocycles. The number of fused-ring (bicyclic) bond motifs is 2. The van der Waals surface area contributed by atoms with Crippen molar-refractivity contribution in [1.29, 1.82) is 0 Å². The van der Waals surface area contributed by atoms with Gasteiger partial charge >= 0.3 is 11.9 Å². The molecule has 0 amide bonds. The minimum atomic E-state index is -0.831. The fourth-order valence-corrected chi connectivity index (χ4v) is 6.50. The monoisotopic (exact) mass is 406 g/mol. The number of aliphatic carboxylic acids is 1. The predicted octanol–water partition coefficient (Wildman–Crippen LogP) is 5.13. The summed E-state index contributed by atoms with van der Waals surface area (Å²) in [5.41, 5.74) is -0.114. The third-order valence-electron chi connectivity index (χ3n) is 8.06. The number of carboxylic acid groups (broad SMARTS) is 1. The number of rotatable bonds is 5. The van der Waals surface area contributed by atoms with Gasteiger partial charge < -0.3 is 14.6 Å².